The van der Waals surface area contributed by atoms with Crippen LogP contribution in [0.5, 0.6) is 0 Å². The third kappa shape index (κ3) is 2.97. The molecular formula is C16H14F3N3O3. The van der Waals surface area contributed by atoms with Crippen molar-refractivity contribution < 1.29 is 27.3 Å². The van der Waals surface area contributed by atoms with Crippen LogP contribution in [0.15, 0.2) is 22.7 Å². The first-order valence-electron chi connectivity index (χ1n) is 7.51. The molecule has 0 bridgehead atoms. The number of piperazine rings is 1. The van der Waals surface area contributed by atoms with E-state index < -0.39 is 40.9 Å². The van der Waals surface area contributed by atoms with E-state index >= 15 is 0 Å². The Morgan fingerprint density at radius 3 is 2.72 bits per heavy atom. The molecule has 0 spiro atoms. The summed E-state index contributed by atoms with van der Waals surface area (Å²) < 4.78 is 46.1. The summed E-state index contributed by atoms with van der Waals surface area (Å²) in [6.45, 7) is 3.36. The Kier molecular flexibility index (Phi) is 4.23. The van der Waals surface area contributed by atoms with Crippen molar-refractivity contribution >= 4 is 11.8 Å². The Bertz CT molecular complexity index is 852. The summed E-state index contributed by atoms with van der Waals surface area (Å²) in [6, 6.07) is 1.36. The lowest BCUT2D eigenvalue weighted by Gasteiger charge is -2.35. The van der Waals surface area contributed by atoms with Gasteiger partial charge in [0.2, 0.25) is 23.2 Å². The summed E-state index contributed by atoms with van der Waals surface area (Å²) in [5.74, 6) is -4.87. The Morgan fingerprint density at radius 2 is 2.04 bits per heavy atom. The highest BCUT2D eigenvalue weighted by Crippen LogP contribution is 2.28. The standard InChI is InChI=1S/C16H14F3N3O3/c1-7-6-22(8(2)15(23)20-7)16(24)13-12(19)14(25-21-13)10-4-3-9(17)5-11(10)18/h3-5,7-8H,6H2,1-2H3,(H,20,23). The molecule has 1 aliphatic heterocycles. The van der Waals surface area contributed by atoms with Gasteiger partial charge in [-0.1, -0.05) is 5.16 Å². The molecule has 0 radical (unpaired) electrons. The number of amides is 2. The first kappa shape index (κ1) is 17.0. The Hall–Kier alpha value is -2.84. The molecular weight excluding hydrogens is 339 g/mol. The quantitative estimate of drug-likeness (QED) is 0.897. The number of hydrogen-bond acceptors (Lipinski definition) is 4. The number of carbonyl (C=O) groups is 2. The Morgan fingerprint density at radius 1 is 1.32 bits per heavy atom. The van der Waals surface area contributed by atoms with Crippen LogP contribution < -0.4 is 5.32 Å². The lowest BCUT2D eigenvalue weighted by Crippen LogP contribution is -2.59. The van der Waals surface area contributed by atoms with Crippen LogP contribution in [0, 0.1) is 17.5 Å². The lowest BCUT2D eigenvalue weighted by molar-refractivity contribution is -0.128. The van der Waals surface area contributed by atoms with Crippen LogP contribution in [0.25, 0.3) is 11.3 Å². The van der Waals surface area contributed by atoms with Gasteiger partial charge in [0.1, 0.15) is 17.7 Å². The molecule has 3 rings (SSSR count). The van der Waals surface area contributed by atoms with Crippen molar-refractivity contribution in [1.29, 1.82) is 0 Å². The van der Waals surface area contributed by atoms with Crippen LogP contribution in [0.2, 0.25) is 0 Å². The van der Waals surface area contributed by atoms with Gasteiger partial charge in [-0.2, -0.15) is 4.39 Å². The fourth-order valence-corrected chi connectivity index (χ4v) is 2.65. The number of rotatable bonds is 2. The third-order valence-electron chi connectivity index (χ3n) is 3.98. The van der Waals surface area contributed by atoms with Crippen molar-refractivity contribution in [3.63, 3.8) is 0 Å². The van der Waals surface area contributed by atoms with Crippen molar-refractivity contribution in [2.45, 2.75) is 25.9 Å². The molecule has 1 N–H and O–H groups in total. The summed E-state index contributed by atoms with van der Waals surface area (Å²) in [7, 11) is 0. The summed E-state index contributed by atoms with van der Waals surface area (Å²) in [4.78, 5) is 25.5. The molecule has 25 heavy (non-hydrogen) atoms. The molecule has 9 heteroatoms. The average Bonchev–Trinajstić information content (AvgIpc) is 2.92. The van der Waals surface area contributed by atoms with E-state index in [0.717, 1.165) is 17.0 Å². The van der Waals surface area contributed by atoms with E-state index in [0.29, 0.717) is 6.07 Å². The van der Waals surface area contributed by atoms with Crippen LogP contribution in [0.3, 0.4) is 0 Å². The zero-order chi connectivity index (χ0) is 18.3. The van der Waals surface area contributed by atoms with Crippen LogP contribution in [-0.4, -0.2) is 40.5 Å². The predicted molar refractivity (Wildman–Crippen MR) is 79.9 cm³/mol. The van der Waals surface area contributed by atoms with Gasteiger partial charge < -0.3 is 14.7 Å². The van der Waals surface area contributed by atoms with Crippen molar-refractivity contribution in [1.82, 2.24) is 15.4 Å². The summed E-state index contributed by atoms with van der Waals surface area (Å²) >= 11 is 0. The summed E-state index contributed by atoms with van der Waals surface area (Å²) in [5.41, 5.74) is -1.02. The molecule has 1 aromatic carbocycles. The highest BCUT2D eigenvalue weighted by Gasteiger charge is 2.36. The minimum atomic E-state index is -1.17. The maximum absolute atomic E-state index is 14.6. The minimum Gasteiger partial charge on any atom is -0.352 e. The second-order valence-electron chi connectivity index (χ2n) is 5.84. The largest absolute Gasteiger partial charge is 0.352 e. The van der Waals surface area contributed by atoms with Gasteiger partial charge in [0.15, 0.2) is 0 Å². The van der Waals surface area contributed by atoms with Crippen LogP contribution in [0.4, 0.5) is 13.2 Å². The summed E-state index contributed by atoms with van der Waals surface area (Å²) in [5, 5.41) is 6.05. The monoisotopic (exact) mass is 353 g/mol. The maximum Gasteiger partial charge on any atom is 0.279 e. The molecule has 1 aliphatic rings. The Balaban J connectivity index is 1.95. The van der Waals surface area contributed by atoms with E-state index in [9.17, 15) is 22.8 Å². The molecule has 6 nitrogen and oxygen atoms in total. The SMILES string of the molecule is CC1CN(C(=O)c2noc(-c3ccc(F)cc3F)c2F)C(C)C(=O)N1. The smallest absolute Gasteiger partial charge is 0.279 e. The summed E-state index contributed by atoms with van der Waals surface area (Å²) in [6.07, 6.45) is 0. The number of nitrogens with one attached hydrogen (secondary N) is 1. The number of nitrogens with zero attached hydrogens (tertiary/aromatic N) is 2. The third-order valence-corrected chi connectivity index (χ3v) is 3.98. The van der Waals surface area contributed by atoms with E-state index in [4.69, 9.17) is 4.52 Å². The molecule has 0 aliphatic carbocycles. The van der Waals surface area contributed by atoms with E-state index in [-0.39, 0.29) is 24.1 Å². The number of carbonyl (C=O) groups excluding carboxylic acids is 2. The average molecular weight is 353 g/mol. The van der Waals surface area contributed by atoms with Gasteiger partial charge in [0.05, 0.1) is 5.56 Å². The molecule has 2 amide bonds. The Labute approximate surface area is 140 Å². The lowest BCUT2D eigenvalue weighted by atomic mass is 10.1. The van der Waals surface area contributed by atoms with Crippen LogP contribution in [-0.2, 0) is 4.79 Å². The first-order valence-corrected chi connectivity index (χ1v) is 7.51. The minimum absolute atomic E-state index is 0.165. The molecule has 1 aromatic heterocycles. The van der Waals surface area contributed by atoms with Gasteiger partial charge in [-0.05, 0) is 26.0 Å². The first-order chi connectivity index (χ1) is 11.8. The van der Waals surface area contributed by atoms with Crippen LogP contribution >= 0.6 is 0 Å². The fourth-order valence-electron chi connectivity index (χ4n) is 2.65. The van der Waals surface area contributed by atoms with Crippen molar-refractivity contribution in [2.24, 2.45) is 0 Å². The molecule has 2 atom stereocenters. The molecule has 2 heterocycles. The van der Waals surface area contributed by atoms with Gasteiger partial charge >= 0.3 is 0 Å². The number of halogens is 3. The number of hydrogen-bond donors (Lipinski definition) is 1. The zero-order valence-corrected chi connectivity index (χ0v) is 13.3. The second kappa shape index (κ2) is 6.23. The normalized spacial score (nSPS) is 20.5. The highest BCUT2D eigenvalue weighted by molar-refractivity contribution is 5.97. The van der Waals surface area contributed by atoms with Gasteiger partial charge in [-0.25, -0.2) is 8.78 Å². The highest BCUT2D eigenvalue weighted by atomic mass is 19.1. The maximum atomic E-state index is 14.6. The van der Waals surface area contributed by atoms with Crippen molar-refractivity contribution in [3.05, 3.63) is 41.3 Å². The van der Waals surface area contributed by atoms with E-state index in [1.807, 2.05) is 0 Å². The van der Waals surface area contributed by atoms with Crippen molar-refractivity contribution in [3.8, 4) is 11.3 Å². The predicted octanol–water partition coefficient (Wildman–Crippen LogP) is 2.11. The molecule has 0 saturated carbocycles. The molecule has 1 fully saturated rings. The van der Waals surface area contributed by atoms with E-state index in [1.54, 1.807) is 6.92 Å². The molecule has 2 aromatic rings. The number of aromatic nitrogens is 1. The molecule has 2 unspecified atom stereocenters. The van der Waals surface area contributed by atoms with Gasteiger partial charge in [0.25, 0.3) is 5.91 Å². The van der Waals surface area contributed by atoms with Crippen molar-refractivity contribution in [2.75, 3.05) is 6.54 Å². The van der Waals surface area contributed by atoms with E-state index in [2.05, 4.69) is 10.5 Å². The topological polar surface area (TPSA) is 75.4 Å². The van der Waals surface area contributed by atoms with Gasteiger partial charge in [-0.3, -0.25) is 9.59 Å². The van der Waals surface area contributed by atoms with E-state index in [1.165, 1.54) is 6.92 Å². The molecule has 132 valence electrons. The number of benzene rings is 1. The zero-order valence-electron chi connectivity index (χ0n) is 13.3. The second-order valence-corrected chi connectivity index (χ2v) is 5.84. The fraction of sp³-hybridized carbons (Fsp3) is 0.312. The van der Waals surface area contributed by atoms with Gasteiger partial charge in [0, 0.05) is 18.7 Å². The van der Waals surface area contributed by atoms with Crippen LogP contribution in [0.1, 0.15) is 24.3 Å². The van der Waals surface area contributed by atoms with Gasteiger partial charge in [-0.15, -0.1) is 0 Å². The molecule has 1 saturated heterocycles.